The molecule has 1 aliphatic heterocycles. The van der Waals surface area contributed by atoms with Gasteiger partial charge in [-0.25, -0.2) is 9.97 Å². The Bertz CT molecular complexity index is 604. The summed E-state index contributed by atoms with van der Waals surface area (Å²) in [7, 11) is 0. The van der Waals surface area contributed by atoms with Crippen molar-refractivity contribution in [1.29, 1.82) is 0 Å². The highest BCUT2D eigenvalue weighted by molar-refractivity contribution is 5.80. The Kier molecular flexibility index (Phi) is 6.07. The van der Waals surface area contributed by atoms with Crippen molar-refractivity contribution in [2.45, 2.75) is 38.6 Å². The van der Waals surface area contributed by atoms with E-state index in [-0.39, 0.29) is 0 Å². The van der Waals surface area contributed by atoms with E-state index in [1.54, 1.807) is 0 Å². The first kappa shape index (κ1) is 18.5. The van der Waals surface area contributed by atoms with Crippen molar-refractivity contribution in [3.05, 3.63) is 18.5 Å². The van der Waals surface area contributed by atoms with E-state index in [0.717, 1.165) is 69.7 Å². The fourth-order valence-corrected chi connectivity index (χ4v) is 3.78. The molecule has 0 amide bonds. The Balaban J connectivity index is 1.28. The summed E-state index contributed by atoms with van der Waals surface area (Å²) in [5, 5.41) is 3.49. The van der Waals surface area contributed by atoms with Crippen molar-refractivity contribution >= 4 is 11.9 Å². The molecular formula is C20H33N7. The number of hydrogen-bond acceptors (Lipinski definition) is 5. The maximum Gasteiger partial charge on any atom is 0.225 e. The fourth-order valence-electron chi connectivity index (χ4n) is 3.78. The quantitative estimate of drug-likeness (QED) is 0.551. The number of nitrogens with zero attached hydrogens (tertiary/aromatic N) is 6. The summed E-state index contributed by atoms with van der Waals surface area (Å²) in [5.41, 5.74) is 0. The molecule has 0 unspecified atom stereocenters. The molecule has 4 rings (SSSR count). The van der Waals surface area contributed by atoms with Crippen molar-refractivity contribution in [3.8, 4) is 0 Å². The number of anilines is 1. The van der Waals surface area contributed by atoms with Crippen molar-refractivity contribution in [3.63, 3.8) is 0 Å². The number of rotatable bonds is 8. The van der Waals surface area contributed by atoms with Crippen LogP contribution in [0.5, 0.6) is 0 Å². The van der Waals surface area contributed by atoms with Crippen molar-refractivity contribution in [1.82, 2.24) is 25.1 Å². The first-order chi connectivity index (χ1) is 13.3. The Morgan fingerprint density at radius 3 is 2.52 bits per heavy atom. The lowest BCUT2D eigenvalue weighted by molar-refractivity contribution is 0.259. The molecule has 7 heteroatoms. The summed E-state index contributed by atoms with van der Waals surface area (Å²) >= 11 is 0. The van der Waals surface area contributed by atoms with Crippen LogP contribution in [-0.4, -0.2) is 84.1 Å². The average Bonchev–Trinajstić information content (AvgIpc) is 3.62. The maximum atomic E-state index is 4.95. The van der Waals surface area contributed by atoms with E-state index < -0.39 is 0 Å². The van der Waals surface area contributed by atoms with Gasteiger partial charge in [0.15, 0.2) is 5.96 Å². The standard InChI is InChI=1S/C20H33N7/c1-2-21-19(24-10-11-27(18-6-7-18)16-17-4-5-17)25-12-14-26(15-13-25)20-22-8-3-9-23-20/h3,8-9,17-18H,2,4-7,10-16H2,1H3,(H,21,24). The third kappa shape index (κ3) is 5.31. The molecule has 3 aliphatic rings. The van der Waals surface area contributed by atoms with Gasteiger partial charge in [-0.1, -0.05) is 0 Å². The van der Waals surface area contributed by atoms with Gasteiger partial charge in [-0.3, -0.25) is 9.89 Å². The van der Waals surface area contributed by atoms with Crippen LogP contribution in [0.15, 0.2) is 23.5 Å². The molecule has 27 heavy (non-hydrogen) atoms. The summed E-state index contributed by atoms with van der Waals surface area (Å²) in [6.07, 6.45) is 9.27. The second-order valence-electron chi connectivity index (χ2n) is 7.93. The molecular weight excluding hydrogens is 338 g/mol. The summed E-state index contributed by atoms with van der Waals surface area (Å²) in [6.45, 7) is 10.1. The molecule has 2 heterocycles. The van der Waals surface area contributed by atoms with Gasteiger partial charge < -0.3 is 15.1 Å². The second-order valence-corrected chi connectivity index (χ2v) is 7.93. The van der Waals surface area contributed by atoms with E-state index in [1.807, 2.05) is 18.5 Å². The first-order valence-electron chi connectivity index (χ1n) is 10.6. The summed E-state index contributed by atoms with van der Waals surface area (Å²) < 4.78 is 0. The molecule has 0 spiro atoms. The van der Waals surface area contributed by atoms with Crippen molar-refractivity contribution in [2.24, 2.45) is 10.9 Å². The van der Waals surface area contributed by atoms with Crippen LogP contribution in [0, 0.1) is 5.92 Å². The predicted octanol–water partition coefficient (Wildman–Crippen LogP) is 1.44. The molecule has 2 aliphatic carbocycles. The maximum absolute atomic E-state index is 4.95. The molecule has 1 aromatic heterocycles. The average molecular weight is 372 g/mol. The van der Waals surface area contributed by atoms with Crippen LogP contribution >= 0.6 is 0 Å². The zero-order chi connectivity index (χ0) is 18.5. The molecule has 1 saturated heterocycles. The minimum atomic E-state index is 0.833. The molecule has 148 valence electrons. The zero-order valence-electron chi connectivity index (χ0n) is 16.6. The number of guanidine groups is 1. The molecule has 2 saturated carbocycles. The second kappa shape index (κ2) is 8.87. The fraction of sp³-hybridized carbons (Fsp3) is 0.750. The van der Waals surface area contributed by atoms with Crippen LogP contribution in [0.25, 0.3) is 0 Å². The van der Waals surface area contributed by atoms with Gasteiger partial charge in [0, 0.05) is 64.2 Å². The number of aromatic nitrogens is 2. The van der Waals surface area contributed by atoms with Crippen molar-refractivity contribution < 1.29 is 0 Å². The Hall–Kier alpha value is -1.89. The van der Waals surface area contributed by atoms with Gasteiger partial charge in [-0.15, -0.1) is 0 Å². The Labute approximate surface area is 162 Å². The highest BCUT2D eigenvalue weighted by atomic mass is 15.4. The molecule has 1 N–H and O–H groups in total. The monoisotopic (exact) mass is 371 g/mol. The van der Waals surface area contributed by atoms with Crippen molar-refractivity contribution in [2.75, 3.05) is 57.3 Å². The SMILES string of the molecule is CCNC(=NCCN(CC1CC1)C1CC1)N1CCN(c2ncccn2)CC1. The van der Waals surface area contributed by atoms with E-state index in [0.29, 0.717) is 0 Å². The van der Waals surface area contributed by atoms with Gasteiger partial charge in [0.2, 0.25) is 5.95 Å². The van der Waals surface area contributed by atoms with Crippen LogP contribution < -0.4 is 10.2 Å². The van der Waals surface area contributed by atoms with E-state index in [9.17, 15) is 0 Å². The van der Waals surface area contributed by atoms with Crippen LogP contribution in [0.2, 0.25) is 0 Å². The summed E-state index contributed by atoms with van der Waals surface area (Å²) in [4.78, 5) is 21.0. The molecule has 0 bridgehead atoms. The highest BCUT2D eigenvalue weighted by Crippen LogP contribution is 2.34. The smallest absolute Gasteiger partial charge is 0.225 e. The molecule has 0 aromatic carbocycles. The van der Waals surface area contributed by atoms with Crippen LogP contribution in [-0.2, 0) is 0 Å². The highest BCUT2D eigenvalue weighted by Gasteiger charge is 2.33. The van der Waals surface area contributed by atoms with E-state index in [1.165, 1.54) is 32.2 Å². The molecule has 0 radical (unpaired) electrons. The lowest BCUT2D eigenvalue weighted by atomic mass is 10.3. The largest absolute Gasteiger partial charge is 0.357 e. The molecule has 1 aromatic rings. The minimum Gasteiger partial charge on any atom is -0.357 e. The Morgan fingerprint density at radius 1 is 1.15 bits per heavy atom. The normalized spacial score (nSPS) is 21.0. The molecule has 0 atom stereocenters. The van der Waals surface area contributed by atoms with Gasteiger partial charge in [-0.05, 0) is 44.6 Å². The number of nitrogens with one attached hydrogen (secondary N) is 1. The lowest BCUT2D eigenvalue weighted by Crippen LogP contribution is -2.53. The third-order valence-corrected chi connectivity index (χ3v) is 5.65. The van der Waals surface area contributed by atoms with Crippen LogP contribution in [0.1, 0.15) is 32.6 Å². The summed E-state index contributed by atoms with van der Waals surface area (Å²) in [5.74, 6) is 2.86. The molecule has 3 fully saturated rings. The Morgan fingerprint density at radius 2 is 1.89 bits per heavy atom. The van der Waals surface area contributed by atoms with Gasteiger partial charge in [-0.2, -0.15) is 0 Å². The van der Waals surface area contributed by atoms with Crippen LogP contribution in [0.4, 0.5) is 5.95 Å². The first-order valence-corrected chi connectivity index (χ1v) is 10.6. The van der Waals surface area contributed by atoms with Gasteiger partial charge >= 0.3 is 0 Å². The molecule has 7 nitrogen and oxygen atoms in total. The van der Waals surface area contributed by atoms with E-state index in [4.69, 9.17) is 4.99 Å². The van der Waals surface area contributed by atoms with E-state index in [2.05, 4.69) is 36.9 Å². The lowest BCUT2D eigenvalue weighted by Gasteiger charge is -2.36. The van der Waals surface area contributed by atoms with Crippen LogP contribution in [0.3, 0.4) is 0 Å². The zero-order valence-corrected chi connectivity index (χ0v) is 16.6. The van der Waals surface area contributed by atoms with Gasteiger partial charge in [0.05, 0.1) is 6.54 Å². The minimum absolute atomic E-state index is 0.833. The van der Waals surface area contributed by atoms with E-state index >= 15 is 0 Å². The van der Waals surface area contributed by atoms with Gasteiger partial charge in [0.25, 0.3) is 0 Å². The number of piperazine rings is 1. The third-order valence-electron chi connectivity index (χ3n) is 5.65. The summed E-state index contributed by atoms with van der Waals surface area (Å²) in [6, 6.07) is 2.71. The number of aliphatic imine (C=N–C) groups is 1. The topological polar surface area (TPSA) is 59.9 Å². The van der Waals surface area contributed by atoms with Gasteiger partial charge in [0.1, 0.15) is 0 Å². The predicted molar refractivity (Wildman–Crippen MR) is 109 cm³/mol. The number of hydrogen-bond donors (Lipinski definition) is 1.